The summed E-state index contributed by atoms with van der Waals surface area (Å²) in [5.74, 6) is 0. The van der Waals surface area contributed by atoms with Crippen LogP contribution in [0.5, 0.6) is 0 Å². The summed E-state index contributed by atoms with van der Waals surface area (Å²) in [7, 11) is 0. The molecule has 2 rings (SSSR count). The van der Waals surface area contributed by atoms with Crippen LogP contribution >= 0.6 is 50.2 Å². The first kappa shape index (κ1) is 13.6. The molecule has 1 atom stereocenters. The van der Waals surface area contributed by atoms with Crippen molar-refractivity contribution in [2.24, 2.45) is 0 Å². The van der Waals surface area contributed by atoms with Gasteiger partial charge in [0.25, 0.3) is 0 Å². The first-order valence-corrected chi connectivity index (χ1v) is 8.25. The Morgan fingerprint density at radius 1 is 1.24 bits per heavy atom. The SMILES string of the molecule is CCCNC(c1ccc(Cl)s1)c1ccc(Br)s1. The van der Waals surface area contributed by atoms with Gasteiger partial charge >= 0.3 is 0 Å². The Labute approximate surface area is 123 Å². The molecule has 0 aromatic carbocycles. The van der Waals surface area contributed by atoms with E-state index < -0.39 is 0 Å². The fraction of sp³-hybridized carbons (Fsp3) is 0.333. The van der Waals surface area contributed by atoms with Crippen molar-refractivity contribution in [3.8, 4) is 0 Å². The summed E-state index contributed by atoms with van der Waals surface area (Å²) >= 11 is 12.9. The van der Waals surface area contributed by atoms with E-state index in [-0.39, 0.29) is 6.04 Å². The minimum absolute atomic E-state index is 0.267. The second-order valence-corrected chi connectivity index (χ2v) is 7.91. The smallest absolute Gasteiger partial charge is 0.0931 e. The third-order valence-electron chi connectivity index (χ3n) is 2.36. The van der Waals surface area contributed by atoms with Crippen molar-refractivity contribution in [3.05, 3.63) is 42.1 Å². The maximum Gasteiger partial charge on any atom is 0.0931 e. The van der Waals surface area contributed by atoms with E-state index in [1.54, 1.807) is 22.7 Å². The van der Waals surface area contributed by atoms with Crippen LogP contribution in [-0.2, 0) is 0 Å². The molecular formula is C12H13BrClNS2. The zero-order chi connectivity index (χ0) is 12.3. The highest BCUT2D eigenvalue weighted by molar-refractivity contribution is 9.11. The predicted octanol–water partition coefficient (Wildman–Crippen LogP) is 5.31. The molecule has 0 aliphatic rings. The Morgan fingerprint density at radius 3 is 2.47 bits per heavy atom. The van der Waals surface area contributed by atoms with Crippen molar-refractivity contribution in [2.75, 3.05) is 6.54 Å². The molecule has 1 N–H and O–H groups in total. The van der Waals surface area contributed by atoms with Gasteiger partial charge in [0.1, 0.15) is 0 Å². The summed E-state index contributed by atoms with van der Waals surface area (Å²) in [6.07, 6.45) is 1.13. The van der Waals surface area contributed by atoms with E-state index in [4.69, 9.17) is 11.6 Å². The van der Waals surface area contributed by atoms with Crippen LogP contribution < -0.4 is 5.32 Å². The van der Waals surface area contributed by atoms with E-state index in [2.05, 4.69) is 46.4 Å². The lowest BCUT2D eigenvalue weighted by molar-refractivity contribution is 0.613. The van der Waals surface area contributed by atoms with E-state index in [1.807, 2.05) is 6.07 Å². The molecule has 1 nitrogen and oxygen atoms in total. The highest BCUT2D eigenvalue weighted by atomic mass is 79.9. The Kier molecular flexibility index (Phi) is 5.06. The maximum atomic E-state index is 6.02. The van der Waals surface area contributed by atoms with Gasteiger partial charge in [0.2, 0.25) is 0 Å². The lowest BCUT2D eigenvalue weighted by atomic mass is 10.2. The molecule has 92 valence electrons. The highest BCUT2D eigenvalue weighted by Crippen LogP contribution is 2.35. The molecule has 0 aliphatic heterocycles. The van der Waals surface area contributed by atoms with Gasteiger partial charge in [0.05, 0.1) is 14.2 Å². The molecule has 0 aliphatic carbocycles. The van der Waals surface area contributed by atoms with Gasteiger partial charge in [0, 0.05) is 9.75 Å². The fourth-order valence-corrected chi connectivity index (χ4v) is 4.35. The van der Waals surface area contributed by atoms with Gasteiger partial charge in [-0.15, -0.1) is 22.7 Å². The van der Waals surface area contributed by atoms with E-state index in [1.165, 1.54) is 13.5 Å². The third kappa shape index (κ3) is 3.55. The van der Waals surface area contributed by atoms with Gasteiger partial charge in [-0.2, -0.15) is 0 Å². The summed E-state index contributed by atoms with van der Waals surface area (Å²) in [5.41, 5.74) is 0. The standard InChI is InChI=1S/C12H13BrClNS2/c1-2-7-15-12(8-3-5-10(13)16-8)9-4-6-11(14)17-9/h3-6,12,15H,2,7H2,1H3. The second kappa shape index (κ2) is 6.34. The summed E-state index contributed by atoms with van der Waals surface area (Å²) in [6, 6.07) is 8.59. The minimum atomic E-state index is 0.267. The van der Waals surface area contributed by atoms with Gasteiger partial charge < -0.3 is 5.32 Å². The van der Waals surface area contributed by atoms with E-state index in [0.29, 0.717) is 0 Å². The van der Waals surface area contributed by atoms with Gasteiger partial charge in [-0.05, 0) is 53.2 Å². The second-order valence-electron chi connectivity index (χ2n) is 3.67. The molecule has 5 heteroatoms. The zero-order valence-electron chi connectivity index (χ0n) is 9.37. The lowest BCUT2D eigenvalue weighted by Crippen LogP contribution is -2.21. The van der Waals surface area contributed by atoms with Gasteiger partial charge in [-0.1, -0.05) is 18.5 Å². The van der Waals surface area contributed by atoms with Crippen molar-refractivity contribution in [1.29, 1.82) is 0 Å². The molecule has 17 heavy (non-hydrogen) atoms. The summed E-state index contributed by atoms with van der Waals surface area (Å²) in [4.78, 5) is 2.60. The number of rotatable bonds is 5. The maximum absolute atomic E-state index is 6.02. The largest absolute Gasteiger partial charge is 0.305 e. The normalized spacial score (nSPS) is 12.9. The quantitative estimate of drug-likeness (QED) is 0.770. The van der Waals surface area contributed by atoms with Crippen molar-refractivity contribution in [1.82, 2.24) is 5.32 Å². The number of halogens is 2. The van der Waals surface area contributed by atoms with Gasteiger partial charge in [-0.3, -0.25) is 0 Å². The van der Waals surface area contributed by atoms with Crippen molar-refractivity contribution < 1.29 is 0 Å². The summed E-state index contributed by atoms with van der Waals surface area (Å²) < 4.78 is 2.01. The van der Waals surface area contributed by atoms with Crippen molar-refractivity contribution in [3.63, 3.8) is 0 Å². The number of nitrogens with one attached hydrogen (secondary N) is 1. The molecule has 0 bridgehead atoms. The molecule has 0 saturated heterocycles. The first-order valence-electron chi connectivity index (χ1n) is 5.44. The number of hydrogen-bond donors (Lipinski definition) is 1. The summed E-state index contributed by atoms with van der Waals surface area (Å²) in [6.45, 7) is 3.19. The van der Waals surface area contributed by atoms with Crippen LogP contribution in [0.1, 0.15) is 29.1 Å². The lowest BCUT2D eigenvalue weighted by Gasteiger charge is -2.15. The van der Waals surface area contributed by atoms with Gasteiger partial charge in [-0.25, -0.2) is 0 Å². The van der Waals surface area contributed by atoms with Crippen LogP contribution in [0.3, 0.4) is 0 Å². The minimum Gasteiger partial charge on any atom is -0.305 e. The molecule has 0 radical (unpaired) electrons. The monoisotopic (exact) mass is 349 g/mol. The molecule has 1 unspecified atom stereocenters. The molecular weight excluding hydrogens is 338 g/mol. The van der Waals surface area contributed by atoms with E-state index >= 15 is 0 Å². The highest BCUT2D eigenvalue weighted by Gasteiger charge is 2.17. The van der Waals surface area contributed by atoms with E-state index in [9.17, 15) is 0 Å². The van der Waals surface area contributed by atoms with Crippen LogP contribution in [0.15, 0.2) is 28.1 Å². The van der Waals surface area contributed by atoms with Crippen molar-refractivity contribution in [2.45, 2.75) is 19.4 Å². The Balaban J connectivity index is 2.24. The average Bonchev–Trinajstić information content (AvgIpc) is 2.89. The van der Waals surface area contributed by atoms with Crippen LogP contribution in [0.2, 0.25) is 4.34 Å². The molecule has 0 fully saturated rings. The fourth-order valence-electron chi connectivity index (χ4n) is 1.60. The topological polar surface area (TPSA) is 12.0 Å². The predicted molar refractivity (Wildman–Crippen MR) is 81.5 cm³/mol. The van der Waals surface area contributed by atoms with Crippen LogP contribution in [0.4, 0.5) is 0 Å². The van der Waals surface area contributed by atoms with E-state index in [0.717, 1.165) is 17.3 Å². The third-order valence-corrected chi connectivity index (χ3v) is 5.34. The van der Waals surface area contributed by atoms with Crippen LogP contribution in [0.25, 0.3) is 0 Å². The Hall–Kier alpha value is 0.130. The zero-order valence-corrected chi connectivity index (χ0v) is 13.3. The number of hydrogen-bond acceptors (Lipinski definition) is 3. The molecule has 0 spiro atoms. The molecule has 0 saturated carbocycles. The first-order chi connectivity index (χ1) is 8.20. The number of thiophene rings is 2. The van der Waals surface area contributed by atoms with Crippen molar-refractivity contribution >= 4 is 50.2 Å². The Morgan fingerprint density at radius 2 is 1.94 bits per heavy atom. The van der Waals surface area contributed by atoms with Crippen LogP contribution in [-0.4, -0.2) is 6.54 Å². The molecule has 2 aromatic heterocycles. The van der Waals surface area contributed by atoms with Gasteiger partial charge in [0.15, 0.2) is 0 Å². The molecule has 2 aromatic rings. The molecule has 0 amide bonds. The van der Waals surface area contributed by atoms with Crippen LogP contribution in [0, 0.1) is 0 Å². The summed E-state index contributed by atoms with van der Waals surface area (Å²) in [5, 5.41) is 3.57. The Bertz CT molecular complexity index is 440. The molecule has 2 heterocycles. The average molecular weight is 351 g/mol.